The van der Waals surface area contributed by atoms with Crippen LogP contribution in [0.15, 0.2) is 18.5 Å². The van der Waals surface area contributed by atoms with Crippen LogP contribution in [0.5, 0.6) is 0 Å². The molecule has 0 spiro atoms. The number of carbonyl (C=O) groups is 1. The molecule has 2 N–H and O–H groups in total. The quantitative estimate of drug-likeness (QED) is 0.765. The molecule has 0 aliphatic rings. The molecule has 15 heavy (non-hydrogen) atoms. The third kappa shape index (κ3) is 3.41. The minimum absolute atomic E-state index is 0.0468. The van der Waals surface area contributed by atoms with E-state index in [0.717, 1.165) is 18.6 Å². The second kappa shape index (κ2) is 4.12. The molecular formula is C7H6BF3N3O-. The molecule has 8 heteroatoms. The van der Waals surface area contributed by atoms with Gasteiger partial charge in [-0.05, 0) is 0 Å². The summed E-state index contributed by atoms with van der Waals surface area (Å²) >= 11 is 0. The van der Waals surface area contributed by atoms with Gasteiger partial charge in [0, 0.05) is 11.8 Å². The van der Waals surface area contributed by atoms with Gasteiger partial charge in [0.25, 0.3) is 5.91 Å². The lowest BCUT2D eigenvalue weighted by atomic mass is 9.90. The third-order valence-corrected chi connectivity index (χ3v) is 1.47. The molecule has 4 nitrogen and oxygen atoms in total. The minimum Gasteiger partial charge on any atom is -0.445 e. The zero-order chi connectivity index (χ0) is 11.5. The number of aromatic nitrogens is 2. The Balaban J connectivity index is 3.05. The number of rotatable bonds is 3. The standard InChI is InChI=1S/C7H6BF3N3O/c9-8(10,11)2-1-5-3-13-4-14-6(5)7(12)15/h1-4H,(H2,12,15)/q-1/b2-1+. The van der Waals surface area contributed by atoms with Crippen molar-refractivity contribution in [1.82, 2.24) is 9.97 Å². The van der Waals surface area contributed by atoms with Crippen molar-refractivity contribution in [2.75, 3.05) is 0 Å². The van der Waals surface area contributed by atoms with Crippen LogP contribution in [-0.2, 0) is 0 Å². The summed E-state index contributed by atoms with van der Waals surface area (Å²) in [6.07, 6.45) is 2.85. The van der Waals surface area contributed by atoms with Crippen LogP contribution in [0.3, 0.4) is 0 Å². The normalized spacial score (nSPS) is 11.9. The number of primary amides is 1. The summed E-state index contributed by atoms with van der Waals surface area (Å²) in [5.41, 5.74) is 4.63. The van der Waals surface area contributed by atoms with Crippen LogP contribution in [0.2, 0.25) is 0 Å². The molecular weight excluding hydrogens is 210 g/mol. The Morgan fingerprint density at radius 2 is 2.13 bits per heavy atom. The SMILES string of the molecule is NC(=O)c1ncncc1/C=C/[B-](F)(F)F. The minimum atomic E-state index is -5.05. The summed E-state index contributed by atoms with van der Waals surface area (Å²) in [6, 6.07) is 0. The fraction of sp³-hybridized carbons (Fsp3) is 0. The lowest BCUT2D eigenvalue weighted by molar-refractivity contribution is 0.0995. The third-order valence-electron chi connectivity index (χ3n) is 1.47. The number of nitrogens with two attached hydrogens (primary N) is 1. The zero-order valence-electron chi connectivity index (χ0n) is 7.40. The van der Waals surface area contributed by atoms with Crippen molar-refractivity contribution < 1.29 is 17.7 Å². The fourth-order valence-electron chi connectivity index (χ4n) is 0.881. The molecule has 0 fully saturated rings. The molecule has 1 heterocycles. The maximum atomic E-state index is 11.9. The number of amides is 1. The molecule has 0 saturated carbocycles. The fourth-order valence-corrected chi connectivity index (χ4v) is 0.881. The first-order valence-electron chi connectivity index (χ1n) is 3.89. The van der Waals surface area contributed by atoms with Gasteiger partial charge in [0.1, 0.15) is 12.0 Å². The smallest absolute Gasteiger partial charge is 0.445 e. The highest BCUT2D eigenvalue weighted by Gasteiger charge is 2.18. The monoisotopic (exact) mass is 216 g/mol. The molecule has 1 aromatic heterocycles. The van der Waals surface area contributed by atoms with Gasteiger partial charge in [-0.3, -0.25) is 4.79 Å². The molecule has 0 radical (unpaired) electrons. The van der Waals surface area contributed by atoms with E-state index >= 15 is 0 Å². The number of hydrogen-bond donors (Lipinski definition) is 1. The first-order valence-corrected chi connectivity index (χ1v) is 3.89. The Morgan fingerprint density at radius 1 is 1.47 bits per heavy atom. The number of carbonyl (C=O) groups excluding carboxylic acids is 1. The van der Waals surface area contributed by atoms with Crippen LogP contribution in [0.1, 0.15) is 16.1 Å². The molecule has 1 aromatic rings. The number of halogens is 3. The lowest BCUT2D eigenvalue weighted by Gasteiger charge is -2.06. The Labute approximate surface area is 83.1 Å². The predicted molar refractivity (Wildman–Crippen MR) is 48.7 cm³/mol. The van der Waals surface area contributed by atoms with Crippen LogP contribution in [-0.4, -0.2) is 22.9 Å². The Morgan fingerprint density at radius 3 is 2.67 bits per heavy atom. The number of hydrogen-bond acceptors (Lipinski definition) is 3. The molecule has 0 unspecified atom stereocenters. The van der Waals surface area contributed by atoms with Gasteiger partial charge in [0.05, 0.1) is 0 Å². The zero-order valence-corrected chi connectivity index (χ0v) is 7.40. The molecule has 0 saturated heterocycles. The van der Waals surface area contributed by atoms with Gasteiger partial charge < -0.3 is 18.7 Å². The van der Waals surface area contributed by atoms with E-state index in [0.29, 0.717) is 0 Å². The van der Waals surface area contributed by atoms with E-state index in [9.17, 15) is 17.7 Å². The van der Waals surface area contributed by atoms with Crippen LogP contribution < -0.4 is 5.73 Å². The largest absolute Gasteiger partial charge is 0.502 e. The van der Waals surface area contributed by atoms with Gasteiger partial charge in [0.2, 0.25) is 0 Å². The van der Waals surface area contributed by atoms with E-state index in [1.807, 2.05) is 0 Å². The summed E-state index contributed by atoms with van der Waals surface area (Å²) in [5.74, 6) is -0.850. The molecule has 0 aliphatic heterocycles. The average Bonchev–Trinajstić information content (AvgIpc) is 2.14. The van der Waals surface area contributed by atoms with Crippen LogP contribution in [0, 0.1) is 0 Å². The average molecular weight is 216 g/mol. The Hall–Kier alpha value is -1.86. The number of nitrogens with zero attached hydrogens (tertiary/aromatic N) is 2. The maximum absolute atomic E-state index is 11.9. The molecule has 0 bridgehead atoms. The van der Waals surface area contributed by atoms with Crippen molar-refractivity contribution in [3.8, 4) is 0 Å². The Kier molecular flexibility index (Phi) is 3.08. The predicted octanol–water partition coefficient (Wildman–Crippen LogP) is 0.975. The summed E-state index contributed by atoms with van der Waals surface area (Å²) in [5, 5.41) is 0. The van der Waals surface area contributed by atoms with E-state index in [1.165, 1.54) is 0 Å². The van der Waals surface area contributed by atoms with Crippen LogP contribution >= 0.6 is 0 Å². The summed E-state index contributed by atoms with van der Waals surface area (Å²) in [6.45, 7) is -5.05. The van der Waals surface area contributed by atoms with Crippen molar-refractivity contribution in [1.29, 1.82) is 0 Å². The highest BCUT2D eigenvalue weighted by atomic mass is 19.4. The van der Waals surface area contributed by atoms with Crippen molar-refractivity contribution in [2.45, 2.75) is 0 Å². The van der Waals surface area contributed by atoms with Gasteiger partial charge in [-0.1, -0.05) is 6.08 Å². The molecule has 80 valence electrons. The topological polar surface area (TPSA) is 68.9 Å². The Bertz CT molecular complexity index is 405. The highest BCUT2D eigenvalue weighted by molar-refractivity contribution is 6.64. The van der Waals surface area contributed by atoms with Crippen molar-refractivity contribution in [2.24, 2.45) is 5.73 Å². The van der Waals surface area contributed by atoms with Gasteiger partial charge in [-0.15, -0.1) is 5.98 Å². The van der Waals surface area contributed by atoms with Crippen LogP contribution in [0.25, 0.3) is 6.08 Å². The van der Waals surface area contributed by atoms with E-state index in [1.54, 1.807) is 0 Å². The van der Waals surface area contributed by atoms with Crippen molar-refractivity contribution in [3.05, 3.63) is 29.8 Å². The van der Waals surface area contributed by atoms with Gasteiger partial charge in [-0.2, -0.15) is 0 Å². The molecule has 0 atom stereocenters. The molecule has 0 aromatic carbocycles. The van der Waals surface area contributed by atoms with Crippen molar-refractivity contribution >= 4 is 19.0 Å². The molecule has 1 rings (SSSR count). The summed E-state index contributed by atoms with van der Waals surface area (Å²) < 4.78 is 35.7. The van der Waals surface area contributed by atoms with Gasteiger partial charge in [0.15, 0.2) is 0 Å². The van der Waals surface area contributed by atoms with Gasteiger partial charge in [-0.25, -0.2) is 9.97 Å². The first kappa shape index (κ1) is 11.2. The lowest BCUT2D eigenvalue weighted by Crippen LogP contribution is -2.15. The van der Waals surface area contributed by atoms with Crippen LogP contribution in [0.4, 0.5) is 12.9 Å². The first-order chi connectivity index (χ1) is 6.90. The van der Waals surface area contributed by atoms with Gasteiger partial charge >= 0.3 is 6.98 Å². The van der Waals surface area contributed by atoms with Crippen molar-refractivity contribution in [3.63, 3.8) is 0 Å². The van der Waals surface area contributed by atoms with E-state index in [-0.39, 0.29) is 17.2 Å². The maximum Gasteiger partial charge on any atom is 0.502 e. The second-order valence-corrected chi connectivity index (χ2v) is 2.68. The summed E-state index contributed by atoms with van der Waals surface area (Å²) in [7, 11) is 0. The highest BCUT2D eigenvalue weighted by Crippen LogP contribution is 2.13. The second-order valence-electron chi connectivity index (χ2n) is 2.68. The van der Waals surface area contributed by atoms with E-state index in [4.69, 9.17) is 5.73 Å². The van der Waals surface area contributed by atoms with E-state index < -0.39 is 12.9 Å². The van der Waals surface area contributed by atoms with E-state index in [2.05, 4.69) is 9.97 Å². The molecule has 0 aliphatic carbocycles. The summed E-state index contributed by atoms with van der Waals surface area (Å²) in [4.78, 5) is 17.7. The molecule has 1 amide bonds.